The maximum Gasteiger partial charge on any atom is 0.256 e. The zero-order chi connectivity index (χ0) is 23.0. The van der Waals surface area contributed by atoms with Crippen LogP contribution < -0.4 is 10.1 Å². The number of piperidine rings is 1. The minimum absolute atomic E-state index is 0.129. The number of nitrogens with zero attached hydrogens (tertiary/aromatic N) is 4. The van der Waals surface area contributed by atoms with E-state index >= 15 is 0 Å². The van der Waals surface area contributed by atoms with Gasteiger partial charge < -0.3 is 10.1 Å². The molecule has 1 aliphatic rings. The van der Waals surface area contributed by atoms with Crippen molar-refractivity contribution in [2.24, 2.45) is 7.05 Å². The molecule has 0 saturated carbocycles. The Balaban J connectivity index is 1.72. The standard InChI is InChI=1S/C22H27N5O4S/c1-14-12-17(20-15(2)25-26(3)21(20)23-14)22(28)24-18-13-16(8-9-19(18)31-4)32(29,30)27-10-6-5-7-11-27/h8-9,12-13H,5-7,10-11H2,1-4H3,(H,24,28). The minimum Gasteiger partial charge on any atom is -0.495 e. The lowest BCUT2D eigenvalue weighted by Gasteiger charge is -2.26. The summed E-state index contributed by atoms with van der Waals surface area (Å²) in [6.45, 7) is 4.64. The van der Waals surface area contributed by atoms with Gasteiger partial charge in [-0.25, -0.2) is 13.4 Å². The quantitative estimate of drug-likeness (QED) is 0.631. The van der Waals surface area contributed by atoms with Crippen LogP contribution in [0.4, 0.5) is 5.69 Å². The summed E-state index contributed by atoms with van der Waals surface area (Å²) in [5.74, 6) is -0.0108. The highest BCUT2D eigenvalue weighted by Crippen LogP contribution is 2.31. The summed E-state index contributed by atoms with van der Waals surface area (Å²) in [5.41, 5.74) is 2.69. The first kappa shape index (κ1) is 22.2. The van der Waals surface area contributed by atoms with Crippen LogP contribution >= 0.6 is 0 Å². The van der Waals surface area contributed by atoms with Crippen LogP contribution in [-0.2, 0) is 17.1 Å². The number of hydrogen-bond acceptors (Lipinski definition) is 6. The zero-order valence-corrected chi connectivity index (χ0v) is 19.5. The molecule has 1 aliphatic heterocycles. The van der Waals surface area contributed by atoms with Gasteiger partial charge in [0.25, 0.3) is 5.91 Å². The molecule has 170 valence electrons. The number of carbonyl (C=O) groups excluding carboxylic acids is 1. The van der Waals surface area contributed by atoms with Gasteiger partial charge in [0.1, 0.15) is 5.75 Å². The molecular formula is C22H27N5O4S. The molecule has 1 saturated heterocycles. The maximum atomic E-state index is 13.3. The Morgan fingerprint density at radius 3 is 2.53 bits per heavy atom. The number of sulfonamides is 1. The van der Waals surface area contributed by atoms with Gasteiger partial charge in [0.05, 0.1) is 34.3 Å². The summed E-state index contributed by atoms with van der Waals surface area (Å²) in [6.07, 6.45) is 2.73. The number of rotatable bonds is 5. The number of carbonyl (C=O) groups is 1. The topological polar surface area (TPSA) is 106 Å². The van der Waals surface area contributed by atoms with Gasteiger partial charge in [0.15, 0.2) is 5.65 Å². The lowest BCUT2D eigenvalue weighted by molar-refractivity contribution is 0.102. The number of ether oxygens (including phenoxy) is 1. The Hall–Kier alpha value is -2.98. The number of benzene rings is 1. The van der Waals surface area contributed by atoms with Crippen molar-refractivity contribution >= 4 is 32.7 Å². The summed E-state index contributed by atoms with van der Waals surface area (Å²) in [5, 5.41) is 7.87. The molecule has 4 rings (SSSR count). The van der Waals surface area contributed by atoms with Crippen molar-refractivity contribution in [2.45, 2.75) is 38.0 Å². The van der Waals surface area contributed by atoms with Crippen LogP contribution in [0.25, 0.3) is 11.0 Å². The third-order valence-electron chi connectivity index (χ3n) is 5.71. The van der Waals surface area contributed by atoms with Crippen molar-refractivity contribution in [1.29, 1.82) is 0 Å². The minimum atomic E-state index is -3.65. The molecule has 32 heavy (non-hydrogen) atoms. The average molecular weight is 458 g/mol. The number of amides is 1. The highest BCUT2D eigenvalue weighted by atomic mass is 32.2. The van der Waals surface area contributed by atoms with E-state index in [4.69, 9.17) is 4.74 Å². The number of methoxy groups -OCH3 is 1. The highest BCUT2D eigenvalue weighted by Gasteiger charge is 2.27. The van der Waals surface area contributed by atoms with Gasteiger partial charge in [0.2, 0.25) is 10.0 Å². The molecule has 1 aromatic carbocycles. The van der Waals surface area contributed by atoms with E-state index in [2.05, 4.69) is 15.4 Å². The van der Waals surface area contributed by atoms with Crippen molar-refractivity contribution in [2.75, 3.05) is 25.5 Å². The van der Waals surface area contributed by atoms with Crippen molar-refractivity contribution in [1.82, 2.24) is 19.1 Å². The molecule has 1 N–H and O–H groups in total. The van der Waals surface area contributed by atoms with Crippen LogP contribution in [0.15, 0.2) is 29.2 Å². The zero-order valence-electron chi connectivity index (χ0n) is 18.7. The van der Waals surface area contributed by atoms with Gasteiger partial charge in [-0.15, -0.1) is 0 Å². The highest BCUT2D eigenvalue weighted by molar-refractivity contribution is 7.89. The molecule has 0 spiro atoms. The summed E-state index contributed by atoms with van der Waals surface area (Å²) in [4.78, 5) is 17.9. The Morgan fingerprint density at radius 1 is 1.12 bits per heavy atom. The van der Waals surface area contributed by atoms with Gasteiger partial charge in [-0.2, -0.15) is 9.40 Å². The summed E-state index contributed by atoms with van der Waals surface area (Å²) >= 11 is 0. The summed E-state index contributed by atoms with van der Waals surface area (Å²) in [6, 6.07) is 6.24. The van der Waals surface area contributed by atoms with Crippen LogP contribution in [0.2, 0.25) is 0 Å². The van der Waals surface area contributed by atoms with E-state index in [1.807, 2.05) is 13.8 Å². The third kappa shape index (κ3) is 3.95. The lowest BCUT2D eigenvalue weighted by atomic mass is 10.1. The normalized spacial score (nSPS) is 15.1. The first-order valence-electron chi connectivity index (χ1n) is 10.5. The SMILES string of the molecule is COc1ccc(S(=O)(=O)N2CCCCC2)cc1NC(=O)c1cc(C)nc2c1c(C)nn2C. The Kier molecular flexibility index (Phi) is 5.91. The van der Waals surface area contributed by atoms with Crippen LogP contribution in [0.1, 0.15) is 41.0 Å². The van der Waals surface area contributed by atoms with Gasteiger partial charge >= 0.3 is 0 Å². The van der Waals surface area contributed by atoms with E-state index in [0.717, 1.165) is 19.3 Å². The second kappa shape index (κ2) is 8.51. The second-order valence-electron chi connectivity index (χ2n) is 8.00. The van der Waals surface area contributed by atoms with Gasteiger partial charge in [-0.3, -0.25) is 9.48 Å². The van der Waals surface area contributed by atoms with Gasteiger partial charge in [-0.1, -0.05) is 6.42 Å². The summed E-state index contributed by atoms with van der Waals surface area (Å²) < 4.78 is 34.8. The maximum absolute atomic E-state index is 13.3. The number of fused-ring (bicyclic) bond motifs is 1. The number of aryl methyl sites for hydroxylation is 3. The van der Waals surface area contributed by atoms with Crippen LogP contribution in [-0.4, -0.2) is 53.6 Å². The van der Waals surface area contributed by atoms with Crippen LogP contribution in [0.5, 0.6) is 5.75 Å². The first-order chi connectivity index (χ1) is 15.2. The molecule has 0 aliphatic carbocycles. The fourth-order valence-electron chi connectivity index (χ4n) is 4.14. The van der Waals surface area contributed by atoms with E-state index < -0.39 is 10.0 Å². The fourth-order valence-corrected chi connectivity index (χ4v) is 5.68. The number of anilines is 1. The lowest BCUT2D eigenvalue weighted by Crippen LogP contribution is -2.35. The van der Waals surface area contributed by atoms with Gasteiger partial charge in [0, 0.05) is 25.8 Å². The predicted octanol–water partition coefficient (Wildman–Crippen LogP) is 3.02. The molecule has 2 aromatic heterocycles. The molecule has 0 unspecified atom stereocenters. The van der Waals surface area contributed by atoms with E-state index in [1.54, 1.807) is 23.9 Å². The molecular weight excluding hydrogens is 430 g/mol. The third-order valence-corrected chi connectivity index (χ3v) is 7.61. The smallest absolute Gasteiger partial charge is 0.256 e. The van der Waals surface area contributed by atoms with Crippen molar-refractivity contribution in [3.63, 3.8) is 0 Å². The Labute approximate surface area is 187 Å². The molecule has 1 fully saturated rings. The predicted molar refractivity (Wildman–Crippen MR) is 122 cm³/mol. The molecule has 3 aromatic rings. The summed E-state index contributed by atoms with van der Waals surface area (Å²) in [7, 11) is -0.396. The Bertz CT molecular complexity index is 1290. The van der Waals surface area contributed by atoms with E-state index in [0.29, 0.717) is 52.5 Å². The number of aromatic nitrogens is 3. The van der Waals surface area contributed by atoms with Crippen molar-refractivity contribution < 1.29 is 17.9 Å². The van der Waals surface area contributed by atoms with Gasteiger partial charge in [-0.05, 0) is 51.0 Å². The molecule has 0 radical (unpaired) electrons. The molecule has 10 heteroatoms. The van der Waals surface area contributed by atoms with Crippen molar-refractivity contribution in [3.8, 4) is 5.75 Å². The molecule has 1 amide bonds. The average Bonchev–Trinajstić information content (AvgIpc) is 3.06. The number of nitrogens with one attached hydrogen (secondary N) is 1. The van der Waals surface area contributed by atoms with E-state index in [-0.39, 0.29) is 10.8 Å². The van der Waals surface area contributed by atoms with E-state index in [1.165, 1.54) is 23.5 Å². The number of pyridine rings is 1. The first-order valence-corrected chi connectivity index (χ1v) is 12.0. The molecule has 0 bridgehead atoms. The van der Waals surface area contributed by atoms with Crippen LogP contribution in [0.3, 0.4) is 0 Å². The second-order valence-corrected chi connectivity index (χ2v) is 9.94. The molecule has 3 heterocycles. The Morgan fingerprint density at radius 2 is 1.84 bits per heavy atom. The monoisotopic (exact) mass is 457 g/mol. The van der Waals surface area contributed by atoms with Crippen LogP contribution in [0, 0.1) is 13.8 Å². The van der Waals surface area contributed by atoms with E-state index in [9.17, 15) is 13.2 Å². The number of hydrogen-bond donors (Lipinski definition) is 1. The molecule has 0 atom stereocenters. The van der Waals surface area contributed by atoms with Crippen molar-refractivity contribution in [3.05, 3.63) is 41.2 Å². The molecule has 9 nitrogen and oxygen atoms in total. The largest absolute Gasteiger partial charge is 0.495 e. The fraction of sp³-hybridized carbons (Fsp3) is 0.409.